The molecular weight excluding hydrogens is 424 g/mol. The number of hydrogen-bond donors (Lipinski definition) is 1. The van der Waals surface area contributed by atoms with Gasteiger partial charge in [-0.05, 0) is 37.3 Å². The number of carbonyl (C=O) groups is 2. The molecule has 174 valence electrons. The van der Waals surface area contributed by atoms with E-state index in [0.29, 0.717) is 23.7 Å². The summed E-state index contributed by atoms with van der Waals surface area (Å²) in [4.78, 5) is 27.7. The van der Waals surface area contributed by atoms with Crippen molar-refractivity contribution in [3.63, 3.8) is 0 Å². The fourth-order valence-corrected chi connectivity index (χ4v) is 4.97. The highest BCUT2D eigenvalue weighted by atomic mass is 32.1. The normalized spacial score (nSPS) is 19.6. The lowest BCUT2D eigenvalue weighted by molar-refractivity contribution is -0.121. The number of rotatable bonds is 6. The molecule has 0 unspecified atom stereocenters. The van der Waals surface area contributed by atoms with Gasteiger partial charge >= 0.3 is 5.97 Å². The number of thiophene rings is 1. The van der Waals surface area contributed by atoms with E-state index in [9.17, 15) is 9.59 Å². The quantitative estimate of drug-likeness (QED) is 0.621. The maximum atomic E-state index is 12.8. The van der Waals surface area contributed by atoms with Crippen molar-refractivity contribution in [2.75, 3.05) is 31.6 Å². The number of amides is 1. The van der Waals surface area contributed by atoms with Crippen LogP contribution in [0.1, 0.15) is 57.5 Å². The number of carbonyl (C=O) groups excluding carboxylic acids is 2. The summed E-state index contributed by atoms with van der Waals surface area (Å²) in [5.41, 5.74) is 3.38. The fraction of sp³-hybridized carbons (Fsp3) is 0.520. The average molecular weight is 459 g/mol. The van der Waals surface area contributed by atoms with Gasteiger partial charge in [-0.1, -0.05) is 45.0 Å². The molecular formula is C25H34N2O4S. The molecule has 6 nitrogen and oxygen atoms in total. The first kappa shape index (κ1) is 24.4. The highest BCUT2D eigenvalue weighted by Gasteiger charge is 2.26. The SMILES string of the molecule is CCOC(=O)c1c(-c2ccc(C(C)(C)C)cc2)csc1NC(=O)CN1C[C@@H](C)O[C@H](C)C1. The molecule has 1 aromatic carbocycles. The van der Waals surface area contributed by atoms with Crippen LogP contribution in [0.25, 0.3) is 11.1 Å². The molecule has 2 atom stereocenters. The van der Waals surface area contributed by atoms with E-state index < -0.39 is 5.97 Å². The van der Waals surface area contributed by atoms with E-state index in [1.807, 2.05) is 31.4 Å². The first-order valence-electron chi connectivity index (χ1n) is 11.2. The number of hydrogen-bond acceptors (Lipinski definition) is 6. The molecule has 1 aromatic heterocycles. The lowest BCUT2D eigenvalue weighted by Crippen LogP contribution is -2.48. The third-order valence-corrected chi connectivity index (χ3v) is 6.34. The van der Waals surface area contributed by atoms with Crippen molar-refractivity contribution in [2.24, 2.45) is 0 Å². The van der Waals surface area contributed by atoms with Gasteiger partial charge in [0.1, 0.15) is 10.6 Å². The van der Waals surface area contributed by atoms with Gasteiger partial charge in [0.25, 0.3) is 0 Å². The molecule has 0 bridgehead atoms. The third-order valence-electron chi connectivity index (χ3n) is 5.45. The zero-order chi connectivity index (χ0) is 23.5. The van der Waals surface area contributed by atoms with Crippen LogP contribution in [0.2, 0.25) is 0 Å². The van der Waals surface area contributed by atoms with Crippen LogP contribution in [0.15, 0.2) is 29.6 Å². The number of nitrogens with zero attached hydrogens (tertiary/aromatic N) is 1. The van der Waals surface area contributed by atoms with E-state index in [1.165, 1.54) is 16.9 Å². The predicted octanol–water partition coefficient (Wildman–Crippen LogP) is 4.94. The molecule has 0 radical (unpaired) electrons. The zero-order valence-electron chi connectivity index (χ0n) is 19.9. The number of nitrogens with one attached hydrogen (secondary N) is 1. The summed E-state index contributed by atoms with van der Waals surface area (Å²) >= 11 is 1.35. The van der Waals surface area contributed by atoms with Crippen molar-refractivity contribution in [3.8, 4) is 11.1 Å². The van der Waals surface area contributed by atoms with Crippen LogP contribution in [-0.4, -0.2) is 55.2 Å². The smallest absolute Gasteiger partial charge is 0.341 e. The van der Waals surface area contributed by atoms with Crippen LogP contribution in [0.4, 0.5) is 5.00 Å². The molecule has 2 heterocycles. The number of benzene rings is 1. The van der Waals surface area contributed by atoms with E-state index in [4.69, 9.17) is 9.47 Å². The van der Waals surface area contributed by atoms with Crippen molar-refractivity contribution >= 4 is 28.2 Å². The molecule has 32 heavy (non-hydrogen) atoms. The van der Waals surface area contributed by atoms with Crippen LogP contribution < -0.4 is 5.32 Å². The summed E-state index contributed by atoms with van der Waals surface area (Å²) in [7, 11) is 0. The van der Waals surface area contributed by atoms with Crippen molar-refractivity contribution in [1.29, 1.82) is 0 Å². The summed E-state index contributed by atoms with van der Waals surface area (Å²) in [6.45, 7) is 14.2. The number of anilines is 1. The molecule has 1 N–H and O–H groups in total. The molecule has 0 aliphatic carbocycles. The van der Waals surface area contributed by atoms with Crippen molar-refractivity contribution in [1.82, 2.24) is 4.90 Å². The highest BCUT2D eigenvalue weighted by molar-refractivity contribution is 7.15. The fourth-order valence-electron chi connectivity index (χ4n) is 4.00. The molecule has 7 heteroatoms. The van der Waals surface area contributed by atoms with Crippen molar-refractivity contribution < 1.29 is 19.1 Å². The second kappa shape index (κ2) is 10.1. The minimum atomic E-state index is -0.424. The zero-order valence-corrected chi connectivity index (χ0v) is 20.7. The Kier molecular flexibility index (Phi) is 7.75. The average Bonchev–Trinajstić information content (AvgIpc) is 3.10. The number of morpholine rings is 1. The van der Waals surface area contributed by atoms with Gasteiger partial charge < -0.3 is 14.8 Å². The summed E-state index contributed by atoms with van der Waals surface area (Å²) in [5, 5.41) is 5.38. The van der Waals surface area contributed by atoms with Gasteiger partial charge in [0, 0.05) is 24.0 Å². The van der Waals surface area contributed by atoms with Crippen molar-refractivity contribution in [2.45, 2.75) is 59.2 Å². The van der Waals surface area contributed by atoms with E-state index in [1.54, 1.807) is 6.92 Å². The summed E-state index contributed by atoms with van der Waals surface area (Å²) < 4.78 is 11.1. The lowest BCUT2D eigenvalue weighted by atomic mass is 9.86. The third kappa shape index (κ3) is 5.97. The summed E-state index contributed by atoms with van der Waals surface area (Å²) in [6, 6.07) is 8.21. The second-order valence-electron chi connectivity index (χ2n) is 9.40. The van der Waals surface area contributed by atoms with Crippen LogP contribution in [0, 0.1) is 0 Å². The van der Waals surface area contributed by atoms with Gasteiger partial charge in [-0.3, -0.25) is 9.69 Å². The molecule has 0 saturated carbocycles. The minimum absolute atomic E-state index is 0.0464. The highest BCUT2D eigenvalue weighted by Crippen LogP contribution is 2.37. The number of esters is 1. The van der Waals surface area contributed by atoms with E-state index in [-0.39, 0.29) is 36.7 Å². The minimum Gasteiger partial charge on any atom is -0.462 e. The molecule has 1 aliphatic rings. The first-order valence-corrected chi connectivity index (χ1v) is 12.0. The molecule has 1 amide bonds. The van der Waals surface area contributed by atoms with Gasteiger partial charge in [-0.2, -0.15) is 0 Å². The molecule has 1 saturated heterocycles. The molecule has 0 spiro atoms. The number of ether oxygens (including phenoxy) is 2. The Morgan fingerprint density at radius 1 is 1.16 bits per heavy atom. The monoisotopic (exact) mass is 458 g/mol. The molecule has 1 fully saturated rings. The first-order chi connectivity index (χ1) is 15.1. The van der Waals surface area contributed by atoms with Gasteiger partial charge in [0.15, 0.2) is 0 Å². The largest absolute Gasteiger partial charge is 0.462 e. The Bertz CT molecular complexity index is 936. The Morgan fingerprint density at radius 2 is 1.78 bits per heavy atom. The van der Waals surface area contributed by atoms with Crippen molar-refractivity contribution in [3.05, 3.63) is 40.8 Å². The Hall–Kier alpha value is -2.22. The van der Waals surface area contributed by atoms with Gasteiger partial charge in [0.05, 0.1) is 25.4 Å². The Labute approximate surface area is 194 Å². The van der Waals surface area contributed by atoms with E-state index >= 15 is 0 Å². The molecule has 2 aromatic rings. The Balaban J connectivity index is 1.83. The van der Waals surface area contributed by atoms with Crippen LogP contribution in [0.3, 0.4) is 0 Å². The summed E-state index contributed by atoms with van der Waals surface area (Å²) in [5.74, 6) is -0.569. The van der Waals surface area contributed by atoms with Crippen LogP contribution in [-0.2, 0) is 19.7 Å². The van der Waals surface area contributed by atoms with E-state index in [2.05, 4.69) is 43.1 Å². The van der Waals surface area contributed by atoms with Crippen LogP contribution >= 0.6 is 11.3 Å². The van der Waals surface area contributed by atoms with Gasteiger partial charge in [-0.25, -0.2) is 4.79 Å². The van der Waals surface area contributed by atoms with Gasteiger partial charge in [-0.15, -0.1) is 11.3 Å². The molecule has 3 rings (SSSR count). The topological polar surface area (TPSA) is 67.9 Å². The predicted molar refractivity (Wildman–Crippen MR) is 129 cm³/mol. The molecule has 1 aliphatic heterocycles. The second-order valence-corrected chi connectivity index (χ2v) is 10.3. The van der Waals surface area contributed by atoms with Gasteiger partial charge in [0.2, 0.25) is 5.91 Å². The van der Waals surface area contributed by atoms with E-state index in [0.717, 1.165) is 11.1 Å². The Morgan fingerprint density at radius 3 is 2.34 bits per heavy atom. The standard InChI is InChI=1S/C25H34N2O4S/c1-7-30-24(29)22-20(18-8-10-19(11-9-18)25(4,5)6)15-32-23(22)26-21(28)14-27-12-16(2)31-17(3)13-27/h8-11,15-17H,7,12-14H2,1-6H3,(H,26,28)/t16-,17-/m1/s1. The lowest BCUT2D eigenvalue weighted by Gasteiger charge is -2.34. The maximum Gasteiger partial charge on any atom is 0.341 e. The van der Waals surface area contributed by atoms with Crippen LogP contribution in [0.5, 0.6) is 0 Å². The maximum absolute atomic E-state index is 12.8. The summed E-state index contributed by atoms with van der Waals surface area (Å²) in [6.07, 6.45) is 0.178.